The molecule has 5 nitrogen and oxygen atoms in total. The molecular weight excluding hydrogens is 374 g/mol. The molecule has 1 amide bonds. The third-order valence-corrected chi connectivity index (χ3v) is 4.69. The average molecular weight is 396 g/mol. The normalized spacial score (nSPS) is 10.7. The van der Waals surface area contributed by atoms with E-state index in [1.54, 1.807) is 18.2 Å². The van der Waals surface area contributed by atoms with Gasteiger partial charge in [-0.2, -0.15) is 5.10 Å². The van der Waals surface area contributed by atoms with Crippen LogP contribution in [0.1, 0.15) is 24.0 Å². The molecule has 0 bridgehead atoms. The molecule has 0 spiro atoms. The van der Waals surface area contributed by atoms with Crippen molar-refractivity contribution in [1.82, 2.24) is 9.78 Å². The maximum Gasteiger partial charge on any atom is 0.266 e. The van der Waals surface area contributed by atoms with Crippen LogP contribution in [0.25, 0.3) is 11.3 Å². The zero-order valence-corrected chi connectivity index (χ0v) is 16.7. The third kappa shape index (κ3) is 5.08. The largest absolute Gasteiger partial charge is 0.326 e. The predicted molar refractivity (Wildman–Crippen MR) is 113 cm³/mol. The number of carbonyl (C=O) groups is 1. The van der Waals surface area contributed by atoms with E-state index in [9.17, 15) is 9.59 Å². The number of nitrogens with zero attached hydrogens (tertiary/aromatic N) is 2. The van der Waals surface area contributed by atoms with Crippen LogP contribution in [-0.2, 0) is 11.3 Å². The van der Waals surface area contributed by atoms with E-state index >= 15 is 0 Å². The summed E-state index contributed by atoms with van der Waals surface area (Å²) >= 11 is 5.92. The highest BCUT2D eigenvalue weighted by Crippen LogP contribution is 2.19. The Balaban J connectivity index is 1.61. The summed E-state index contributed by atoms with van der Waals surface area (Å²) < 4.78 is 1.40. The van der Waals surface area contributed by atoms with Crippen molar-refractivity contribution in [3.63, 3.8) is 0 Å². The molecule has 3 aromatic rings. The topological polar surface area (TPSA) is 64.0 Å². The van der Waals surface area contributed by atoms with Gasteiger partial charge in [-0.3, -0.25) is 9.59 Å². The molecule has 0 atom stereocenters. The van der Waals surface area contributed by atoms with E-state index in [0.29, 0.717) is 30.1 Å². The quantitative estimate of drug-likeness (QED) is 0.663. The fourth-order valence-electron chi connectivity index (χ4n) is 2.94. The molecule has 3 rings (SSSR count). The average Bonchev–Trinajstić information content (AvgIpc) is 2.66. The standard InChI is InChI=1S/C22H22ClN3O2/c1-15-5-10-19(16(2)14-15)24-21(27)4-3-13-26-22(28)12-11-20(25-26)17-6-8-18(23)9-7-17/h5-12,14H,3-4,13H2,1-2H3,(H,24,27). The Morgan fingerprint density at radius 1 is 1.07 bits per heavy atom. The lowest BCUT2D eigenvalue weighted by Crippen LogP contribution is -2.23. The molecule has 0 saturated heterocycles. The molecule has 0 unspecified atom stereocenters. The predicted octanol–water partition coefficient (Wildman–Crippen LogP) is 4.60. The van der Waals surface area contributed by atoms with Gasteiger partial charge in [0.15, 0.2) is 0 Å². The second-order valence-corrected chi connectivity index (χ2v) is 7.19. The van der Waals surface area contributed by atoms with Crippen molar-refractivity contribution in [1.29, 1.82) is 0 Å². The minimum Gasteiger partial charge on any atom is -0.326 e. The first-order chi connectivity index (χ1) is 13.4. The minimum absolute atomic E-state index is 0.0751. The van der Waals surface area contributed by atoms with Gasteiger partial charge in [-0.15, -0.1) is 0 Å². The SMILES string of the molecule is Cc1ccc(NC(=O)CCCn2nc(-c3ccc(Cl)cc3)ccc2=O)c(C)c1. The lowest BCUT2D eigenvalue weighted by molar-refractivity contribution is -0.116. The van der Waals surface area contributed by atoms with Crippen LogP contribution in [0.15, 0.2) is 59.4 Å². The van der Waals surface area contributed by atoms with Crippen LogP contribution in [0, 0.1) is 13.8 Å². The van der Waals surface area contributed by atoms with Gasteiger partial charge in [0.05, 0.1) is 5.69 Å². The second-order valence-electron chi connectivity index (χ2n) is 6.76. The zero-order valence-electron chi connectivity index (χ0n) is 15.9. The van der Waals surface area contributed by atoms with Gasteiger partial charge in [-0.1, -0.05) is 41.4 Å². The molecule has 0 aliphatic rings. The Kier molecular flexibility index (Phi) is 6.26. The molecule has 1 heterocycles. The molecule has 144 valence electrons. The van der Waals surface area contributed by atoms with E-state index in [4.69, 9.17) is 11.6 Å². The monoisotopic (exact) mass is 395 g/mol. The number of benzene rings is 2. The number of halogens is 1. The fourth-order valence-corrected chi connectivity index (χ4v) is 3.07. The highest BCUT2D eigenvalue weighted by molar-refractivity contribution is 6.30. The van der Waals surface area contributed by atoms with Crippen LogP contribution in [-0.4, -0.2) is 15.7 Å². The number of hydrogen-bond donors (Lipinski definition) is 1. The first kappa shape index (κ1) is 19.8. The molecule has 1 N–H and O–H groups in total. The Morgan fingerprint density at radius 3 is 2.54 bits per heavy atom. The summed E-state index contributed by atoms with van der Waals surface area (Å²) in [6.45, 7) is 4.36. The summed E-state index contributed by atoms with van der Waals surface area (Å²) in [5.74, 6) is -0.0751. The summed E-state index contributed by atoms with van der Waals surface area (Å²) in [7, 11) is 0. The number of rotatable bonds is 6. The van der Waals surface area contributed by atoms with Gasteiger partial charge in [0.1, 0.15) is 0 Å². The zero-order chi connectivity index (χ0) is 20.1. The molecule has 0 radical (unpaired) electrons. The molecule has 0 aliphatic heterocycles. The summed E-state index contributed by atoms with van der Waals surface area (Å²) in [6.07, 6.45) is 0.834. The molecule has 0 aliphatic carbocycles. The Hall–Kier alpha value is -2.92. The van der Waals surface area contributed by atoms with Crippen LogP contribution < -0.4 is 10.9 Å². The van der Waals surface area contributed by atoms with Crippen molar-refractivity contribution in [3.05, 3.63) is 81.1 Å². The highest BCUT2D eigenvalue weighted by Gasteiger charge is 2.07. The summed E-state index contributed by atoms with van der Waals surface area (Å²) in [4.78, 5) is 24.3. The van der Waals surface area contributed by atoms with E-state index in [1.807, 2.05) is 44.2 Å². The van der Waals surface area contributed by atoms with Crippen molar-refractivity contribution in [2.45, 2.75) is 33.2 Å². The highest BCUT2D eigenvalue weighted by atomic mass is 35.5. The van der Waals surface area contributed by atoms with Crippen molar-refractivity contribution in [3.8, 4) is 11.3 Å². The molecule has 2 aromatic carbocycles. The minimum atomic E-state index is -0.187. The van der Waals surface area contributed by atoms with E-state index < -0.39 is 0 Å². The number of anilines is 1. The lowest BCUT2D eigenvalue weighted by atomic mass is 10.1. The van der Waals surface area contributed by atoms with Crippen molar-refractivity contribution < 1.29 is 4.79 Å². The van der Waals surface area contributed by atoms with Gasteiger partial charge in [-0.25, -0.2) is 4.68 Å². The van der Waals surface area contributed by atoms with Gasteiger partial charge < -0.3 is 5.32 Å². The van der Waals surface area contributed by atoms with Gasteiger partial charge in [0, 0.05) is 35.3 Å². The van der Waals surface area contributed by atoms with Crippen LogP contribution in [0.4, 0.5) is 5.69 Å². The summed E-state index contributed by atoms with van der Waals surface area (Å²) in [5.41, 5.74) is 4.38. The molecular formula is C22H22ClN3O2. The van der Waals surface area contributed by atoms with Gasteiger partial charge >= 0.3 is 0 Å². The third-order valence-electron chi connectivity index (χ3n) is 4.44. The number of aryl methyl sites for hydroxylation is 3. The van der Waals surface area contributed by atoms with Crippen LogP contribution >= 0.6 is 11.6 Å². The van der Waals surface area contributed by atoms with E-state index in [0.717, 1.165) is 22.4 Å². The second kappa shape index (κ2) is 8.85. The van der Waals surface area contributed by atoms with Crippen LogP contribution in [0.3, 0.4) is 0 Å². The number of amides is 1. The first-order valence-electron chi connectivity index (χ1n) is 9.13. The number of carbonyl (C=O) groups excluding carboxylic acids is 1. The van der Waals surface area contributed by atoms with Crippen molar-refractivity contribution in [2.24, 2.45) is 0 Å². The number of hydrogen-bond acceptors (Lipinski definition) is 3. The lowest BCUT2D eigenvalue weighted by Gasteiger charge is -2.10. The van der Waals surface area contributed by atoms with Gasteiger partial charge in [0.25, 0.3) is 5.56 Å². The molecule has 0 saturated carbocycles. The first-order valence-corrected chi connectivity index (χ1v) is 9.51. The summed E-state index contributed by atoms with van der Waals surface area (Å²) in [5, 5.41) is 7.97. The van der Waals surface area contributed by atoms with Crippen LogP contribution in [0.2, 0.25) is 5.02 Å². The van der Waals surface area contributed by atoms with E-state index in [1.165, 1.54) is 10.7 Å². The molecule has 28 heavy (non-hydrogen) atoms. The maximum atomic E-state index is 12.2. The molecule has 1 aromatic heterocycles. The maximum absolute atomic E-state index is 12.2. The molecule has 0 fully saturated rings. The number of aromatic nitrogens is 2. The van der Waals surface area contributed by atoms with Gasteiger partial charge in [-0.05, 0) is 50.1 Å². The van der Waals surface area contributed by atoms with E-state index in [-0.39, 0.29) is 11.5 Å². The number of nitrogens with one attached hydrogen (secondary N) is 1. The van der Waals surface area contributed by atoms with Crippen molar-refractivity contribution in [2.75, 3.05) is 5.32 Å². The van der Waals surface area contributed by atoms with Crippen molar-refractivity contribution >= 4 is 23.2 Å². The Bertz CT molecular complexity index is 1040. The van der Waals surface area contributed by atoms with Gasteiger partial charge in [0.2, 0.25) is 5.91 Å². The fraction of sp³-hybridized carbons (Fsp3) is 0.227. The van der Waals surface area contributed by atoms with E-state index in [2.05, 4.69) is 10.4 Å². The molecule has 6 heteroatoms. The summed E-state index contributed by atoms with van der Waals surface area (Å²) in [6, 6.07) is 16.4. The van der Waals surface area contributed by atoms with Crippen LogP contribution in [0.5, 0.6) is 0 Å². The Labute approximate surface area is 169 Å². The Morgan fingerprint density at radius 2 is 1.82 bits per heavy atom. The smallest absolute Gasteiger partial charge is 0.266 e.